The number of carboxylic acids is 1. The second-order valence-electron chi connectivity index (χ2n) is 3.00. The fourth-order valence-corrected chi connectivity index (χ4v) is 1.15. The van der Waals surface area contributed by atoms with Crippen molar-refractivity contribution in [2.45, 2.75) is 6.92 Å². The second kappa shape index (κ2) is 5.69. The van der Waals surface area contributed by atoms with Crippen LogP contribution in [0.1, 0.15) is 6.92 Å². The Hall–Kier alpha value is -2.31. The van der Waals surface area contributed by atoms with Crippen LogP contribution in [0, 0.1) is 10.1 Å². The summed E-state index contributed by atoms with van der Waals surface area (Å²) in [6, 6.07) is 3.83. The van der Waals surface area contributed by atoms with E-state index in [0.717, 1.165) is 0 Å². The largest absolute Gasteiger partial charge is 0.487 e. The highest BCUT2D eigenvalue weighted by Crippen LogP contribution is 2.31. The molecule has 7 nitrogen and oxygen atoms in total. The van der Waals surface area contributed by atoms with Crippen LogP contribution < -0.4 is 9.47 Å². The summed E-state index contributed by atoms with van der Waals surface area (Å²) in [5, 5.41) is 19.1. The minimum absolute atomic E-state index is 0.0559. The number of ether oxygens (including phenoxy) is 2. The number of nitrogens with zero attached hydrogens (tertiary/aromatic N) is 1. The quantitative estimate of drug-likeness (QED) is 0.597. The first-order chi connectivity index (χ1) is 8.04. The molecule has 17 heavy (non-hydrogen) atoms. The van der Waals surface area contributed by atoms with Crippen molar-refractivity contribution in [3.05, 3.63) is 28.3 Å². The second-order valence-corrected chi connectivity index (χ2v) is 3.00. The van der Waals surface area contributed by atoms with Crippen LogP contribution in [-0.4, -0.2) is 29.2 Å². The molecule has 1 rings (SSSR count). The molecule has 0 aliphatic rings. The maximum absolute atomic E-state index is 10.7. The molecule has 92 valence electrons. The predicted molar refractivity (Wildman–Crippen MR) is 57.4 cm³/mol. The molecule has 0 heterocycles. The molecule has 0 amide bonds. The number of benzene rings is 1. The molecule has 0 atom stereocenters. The molecule has 0 spiro atoms. The zero-order valence-corrected chi connectivity index (χ0v) is 9.08. The van der Waals surface area contributed by atoms with Crippen molar-refractivity contribution >= 4 is 11.7 Å². The highest BCUT2D eigenvalue weighted by molar-refractivity contribution is 5.68. The van der Waals surface area contributed by atoms with Crippen molar-refractivity contribution < 1.29 is 24.3 Å². The monoisotopic (exact) mass is 241 g/mol. The first kappa shape index (κ1) is 12.8. The molecule has 0 bridgehead atoms. The zero-order chi connectivity index (χ0) is 12.8. The number of aliphatic carboxylic acids is 1. The van der Waals surface area contributed by atoms with Crippen molar-refractivity contribution in [3.63, 3.8) is 0 Å². The number of rotatable bonds is 6. The van der Waals surface area contributed by atoms with Gasteiger partial charge in [0, 0.05) is 12.1 Å². The van der Waals surface area contributed by atoms with Gasteiger partial charge in [-0.2, -0.15) is 0 Å². The lowest BCUT2D eigenvalue weighted by atomic mass is 10.3. The summed E-state index contributed by atoms with van der Waals surface area (Å²) in [4.78, 5) is 20.4. The molecular formula is C10H11NO6. The Morgan fingerprint density at radius 2 is 2.18 bits per heavy atom. The molecule has 0 unspecified atom stereocenters. The van der Waals surface area contributed by atoms with Gasteiger partial charge >= 0.3 is 11.7 Å². The van der Waals surface area contributed by atoms with Crippen LogP contribution in [0.2, 0.25) is 0 Å². The van der Waals surface area contributed by atoms with Gasteiger partial charge in [-0.05, 0) is 13.0 Å². The average Bonchev–Trinajstić information content (AvgIpc) is 2.26. The van der Waals surface area contributed by atoms with Crippen LogP contribution in [0.4, 0.5) is 5.69 Å². The molecule has 1 N–H and O–H groups in total. The summed E-state index contributed by atoms with van der Waals surface area (Å²) in [5.41, 5.74) is -0.186. The SMILES string of the molecule is CCOc1cc(OCC(=O)O)ccc1[N+](=O)[O-]. The van der Waals surface area contributed by atoms with E-state index >= 15 is 0 Å². The van der Waals surface area contributed by atoms with Crippen LogP contribution in [0.3, 0.4) is 0 Å². The van der Waals surface area contributed by atoms with Gasteiger partial charge in [0.2, 0.25) is 5.75 Å². The number of hydrogen-bond acceptors (Lipinski definition) is 5. The summed E-state index contributed by atoms with van der Waals surface area (Å²) in [7, 11) is 0. The molecule has 0 fully saturated rings. The molecule has 7 heteroatoms. The summed E-state index contributed by atoms with van der Waals surface area (Å²) < 4.78 is 9.96. The third kappa shape index (κ3) is 3.63. The van der Waals surface area contributed by atoms with E-state index < -0.39 is 17.5 Å². The van der Waals surface area contributed by atoms with Crippen molar-refractivity contribution in [1.29, 1.82) is 0 Å². The number of carboxylic acid groups (broad SMARTS) is 1. The number of carbonyl (C=O) groups is 1. The van der Waals surface area contributed by atoms with E-state index in [1.807, 2.05) is 0 Å². The van der Waals surface area contributed by atoms with E-state index in [-0.39, 0.29) is 23.8 Å². The van der Waals surface area contributed by atoms with E-state index in [4.69, 9.17) is 14.6 Å². The van der Waals surface area contributed by atoms with E-state index in [1.54, 1.807) is 6.92 Å². The lowest BCUT2D eigenvalue weighted by Gasteiger charge is -2.07. The van der Waals surface area contributed by atoms with Gasteiger partial charge in [0.15, 0.2) is 6.61 Å². The van der Waals surface area contributed by atoms with Crippen LogP contribution in [0.5, 0.6) is 11.5 Å². The number of nitro benzene ring substituents is 1. The molecule has 1 aromatic carbocycles. The fourth-order valence-electron chi connectivity index (χ4n) is 1.15. The molecule has 1 aromatic rings. The van der Waals surface area contributed by atoms with E-state index in [1.165, 1.54) is 18.2 Å². The molecular weight excluding hydrogens is 230 g/mol. The van der Waals surface area contributed by atoms with Gasteiger partial charge in [0.05, 0.1) is 11.5 Å². The minimum atomic E-state index is -1.12. The Labute approximate surface area is 96.7 Å². The summed E-state index contributed by atoms with van der Waals surface area (Å²) in [6.07, 6.45) is 0. The highest BCUT2D eigenvalue weighted by atomic mass is 16.6. The number of hydrogen-bond donors (Lipinski definition) is 1. The third-order valence-electron chi connectivity index (χ3n) is 1.79. The molecule has 0 saturated heterocycles. The van der Waals surface area contributed by atoms with Crippen LogP contribution in [0.25, 0.3) is 0 Å². The summed E-state index contributed by atoms with van der Waals surface area (Å²) in [5.74, 6) is -0.858. The van der Waals surface area contributed by atoms with Gasteiger partial charge in [-0.1, -0.05) is 0 Å². The maximum Gasteiger partial charge on any atom is 0.341 e. The third-order valence-corrected chi connectivity index (χ3v) is 1.79. The Balaban J connectivity index is 2.92. The first-order valence-corrected chi connectivity index (χ1v) is 4.80. The molecule has 0 aliphatic heterocycles. The highest BCUT2D eigenvalue weighted by Gasteiger charge is 2.16. The van der Waals surface area contributed by atoms with Gasteiger partial charge in [0.25, 0.3) is 0 Å². The number of nitro groups is 1. The van der Waals surface area contributed by atoms with E-state index in [0.29, 0.717) is 0 Å². The standard InChI is InChI=1S/C10H11NO6/c1-2-16-9-5-7(17-6-10(12)13)3-4-8(9)11(14)15/h3-5H,2,6H2,1H3,(H,12,13). The van der Waals surface area contributed by atoms with Crippen molar-refractivity contribution in [2.24, 2.45) is 0 Å². The minimum Gasteiger partial charge on any atom is -0.487 e. The predicted octanol–water partition coefficient (Wildman–Crippen LogP) is 1.46. The zero-order valence-electron chi connectivity index (χ0n) is 9.08. The normalized spacial score (nSPS) is 9.71. The smallest absolute Gasteiger partial charge is 0.341 e. The lowest BCUT2D eigenvalue weighted by Crippen LogP contribution is -2.09. The molecule has 0 saturated carbocycles. The summed E-state index contributed by atoms with van der Waals surface area (Å²) >= 11 is 0. The Bertz CT molecular complexity index is 431. The van der Waals surface area contributed by atoms with Gasteiger partial charge in [0.1, 0.15) is 5.75 Å². The van der Waals surface area contributed by atoms with Gasteiger partial charge < -0.3 is 14.6 Å². The van der Waals surface area contributed by atoms with Crippen LogP contribution in [-0.2, 0) is 4.79 Å². The van der Waals surface area contributed by atoms with Crippen LogP contribution in [0.15, 0.2) is 18.2 Å². The summed E-state index contributed by atoms with van der Waals surface area (Å²) in [6.45, 7) is 1.45. The van der Waals surface area contributed by atoms with Gasteiger partial charge in [-0.25, -0.2) is 4.79 Å². The van der Waals surface area contributed by atoms with Crippen molar-refractivity contribution in [2.75, 3.05) is 13.2 Å². The van der Waals surface area contributed by atoms with Crippen molar-refractivity contribution in [1.82, 2.24) is 0 Å². The fraction of sp³-hybridized carbons (Fsp3) is 0.300. The maximum atomic E-state index is 10.7. The van der Waals surface area contributed by atoms with Crippen LogP contribution >= 0.6 is 0 Å². The lowest BCUT2D eigenvalue weighted by molar-refractivity contribution is -0.385. The molecule has 0 aromatic heterocycles. The van der Waals surface area contributed by atoms with Gasteiger partial charge in [-0.3, -0.25) is 10.1 Å². The van der Waals surface area contributed by atoms with Gasteiger partial charge in [-0.15, -0.1) is 0 Å². The molecule has 0 aliphatic carbocycles. The Morgan fingerprint density at radius 1 is 1.47 bits per heavy atom. The average molecular weight is 241 g/mol. The topological polar surface area (TPSA) is 98.9 Å². The Kier molecular flexibility index (Phi) is 4.27. The van der Waals surface area contributed by atoms with Crippen molar-refractivity contribution in [3.8, 4) is 11.5 Å². The van der Waals surface area contributed by atoms with E-state index in [2.05, 4.69) is 0 Å². The Morgan fingerprint density at radius 3 is 2.71 bits per heavy atom. The molecule has 0 radical (unpaired) electrons. The van der Waals surface area contributed by atoms with E-state index in [9.17, 15) is 14.9 Å². The first-order valence-electron chi connectivity index (χ1n) is 4.80.